The van der Waals surface area contributed by atoms with Gasteiger partial charge in [-0.15, -0.1) is 0 Å². The Morgan fingerprint density at radius 2 is 1.32 bits per heavy atom. The third kappa shape index (κ3) is 34.1. The topological polar surface area (TPSA) is 119 Å². The molecule has 0 saturated heterocycles. The number of hydrogen-bond donors (Lipinski definition) is 3. The van der Waals surface area contributed by atoms with E-state index in [0.717, 1.165) is 25.3 Å². The highest BCUT2D eigenvalue weighted by Gasteiger charge is 2.00. The Kier molecular flexibility index (Phi) is 25.1. The van der Waals surface area contributed by atoms with E-state index in [9.17, 15) is 13.2 Å². The van der Waals surface area contributed by atoms with E-state index < -0.39 is 10.4 Å². The van der Waals surface area contributed by atoms with Crippen LogP contribution in [0.1, 0.15) is 117 Å². The molecule has 0 aliphatic rings. The lowest BCUT2D eigenvalue weighted by molar-refractivity contribution is -0.121. The molecule has 0 aliphatic carbocycles. The molecule has 31 heavy (non-hydrogen) atoms. The van der Waals surface area contributed by atoms with Gasteiger partial charge in [-0.25, -0.2) is 4.18 Å². The Hall–Kier alpha value is -0.700. The predicted octanol–water partition coefficient (Wildman–Crippen LogP) is 5.39. The van der Waals surface area contributed by atoms with Crippen LogP contribution in [0.15, 0.2) is 0 Å². The molecule has 1 amide bonds. The highest BCUT2D eigenvalue weighted by molar-refractivity contribution is 7.80. The molecule has 0 heterocycles. The summed E-state index contributed by atoms with van der Waals surface area (Å²) >= 11 is 0. The Morgan fingerprint density at radius 3 is 1.68 bits per heavy atom. The normalized spacial score (nSPS) is 11.3. The van der Waals surface area contributed by atoms with Crippen LogP contribution >= 0.6 is 0 Å². The van der Waals surface area contributed by atoms with Crippen LogP contribution in [0.2, 0.25) is 0 Å². The second-order valence-electron chi connectivity index (χ2n) is 8.50. The lowest BCUT2D eigenvalue weighted by Gasteiger charge is -2.05. The van der Waals surface area contributed by atoms with E-state index >= 15 is 0 Å². The number of hydrogen-bond acceptors (Lipinski definition) is 5. The average molecular weight is 467 g/mol. The van der Waals surface area contributed by atoms with Crippen LogP contribution in [0.25, 0.3) is 0 Å². The summed E-state index contributed by atoms with van der Waals surface area (Å²) in [6, 6.07) is 0. The van der Waals surface area contributed by atoms with Gasteiger partial charge in [0.2, 0.25) is 5.91 Å². The number of nitrogens with two attached hydrogens (primary N) is 1. The van der Waals surface area contributed by atoms with Crippen LogP contribution in [0.4, 0.5) is 0 Å². The summed E-state index contributed by atoms with van der Waals surface area (Å²) in [7, 11) is -4.17. The number of carbonyl (C=O) groups excluding carboxylic acids is 1. The first kappa shape index (κ1) is 32.5. The van der Waals surface area contributed by atoms with Gasteiger partial charge in [-0.1, -0.05) is 90.9 Å². The molecule has 0 saturated carbocycles. The van der Waals surface area contributed by atoms with Gasteiger partial charge in [0, 0.05) is 13.0 Å². The van der Waals surface area contributed by atoms with E-state index in [-0.39, 0.29) is 12.5 Å². The van der Waals surface area contributed by atoms with Gasteiger partial charge in [-0.05, 0) is 32.2 Å². The van der Waals surface area contributed by atoms with Crippen molar-refractivity contribution in [1.29, 1.82) is 0 Å². The number of carbonyl (C=O) groups is 1. The SMILES string of the molecule is CC(C)CCCCCCCCCCCCCCC(=O)NCCCN.CCOS(=O)(=O)O. The predicted molar refractivity (Wildman–Crippen MR) is 129 cm³/mol. The van der Waals surface area contributed by atoms with Gasteiger partial charge in [-0.2, -0.15) is 8.42 Å². The van der Waals surface area contributed by atoms with Crippen molar-refractivity contribution in [3.05, 3.63) is 0 Å². The Balaban J connectivity index is 0. The largest absolute Gasteiger partial charge is 0.397 e. The number of nitrogens with one attached hydrogen (secondary N) is 1. The molecular formula is C23H50N2O5S. The molecule has 0 aromatic carbocycles. The molecule has 0 atom stereocenters. The van der Waals surface area contributed by atoms with Crippen molar-refractivity contribution in [2.45, 2.75) is 117 Å². The van der Waals surface area contributed by atoms with Crippen molar-refractivity contribution in [2.75, 3.05) is 19.7 Å². The van der Waals surface area contributed by atoms with Gasteiger partial charge in [0.05, 0.1) is 6.61 Å². The first-order chi connectivity index (χ1) is 14.7. The first-order valence-electron chi connectivity index (χ1n) is 12.3. The highest BCUT2D eigenvalue weighted by Crippen LogP contribution is 2.14. The Morgan fingerprint density at radius 1 is 0.871 bits per heavy atom. The molecule has 0 aliphatic heterocycles. The van der Waals surface area contributed by atoms with Gasteiger partial charge in [-0.3, -0.25) is 9.35 Å². The van der Waals surface area contributed by atoms with E-state index in [0.29, 0.717) is 13.0 Å². The average Bonchev–Trinajstić information content (AvgIpc) is 2.67. The smallest absolute Gasteiger partial charge is 0.356 e. The second kappa shape index (κ2) is 24.0. The molecule has 0 bridgehead atoms. The van der Waals surface area contributed by atoms with Gasteiger partial charge in [0.15, 0.2) is 0 Å². The van der Waals surface area contributed by atoms with Crippen molar-refractivity contribution < 1.29 is 21.9 Å². The van der Waals surface area contributed by atoms with E-state index in [4.69, 9.17) is 10.3 Å². The highest BCUT2D eigenvalue weighted by atomic mass is 32.3. The number of amides is 1. The third-order valence-corrected chi connectivity index (χ3v) is 5.44. The maximum absolute atomic E-state index is 11.5. The summed E-state index contributed by atoms with van der Waals surface area (Å²) < 4.78 is 30.7. The summed E-state index contributed by atoms with van der Waals surface area (Å²) in [6.45, 7) is 7.45. The van der Waals surface area contributed by atoms with Crippen LogP contribution in [-0.4, -0.2) is 38.6 Å². The van der Waals surface area contributed by atoms with Crippen LogP contribution in [-0.2, 0) is 19.4 Å². The molecule has 4 N–H and O–H groups in total. The Labute approximate surface area is 192 Å². The molecule has 0 radical (unpaired) electrons. The van der Waals surface area contributed by atoms with E-state index in [1.807, 2.05) is 0 Å². The summed E-state index contributed by atoms with van der Waals surface area (Å²) in [5, 5.41) is 2.91. The number of unbranched alkanes of at least 4 members (excludes halogenated alkanes) is 11. The molecule has 0 fully saturated rings. The molecule has 0 spiro atoms. The lowest BCUT2D eigenvalue weighted by atomic mass is 10.0. The fourth-order valence-corrected chi connectivity index (χ4v) is 3.47. The molecular weight excluding hydrogens is 416 g/mol. The summed E-state index contributed by atoms with van der Waals surface area (Å²) in [5.41, 5.74) is 5.40. The molecule has 7 nitrogen and oxygen atoms in total. The van der Waals surface area contributed by atoms with E-state index in [1.165, 1.54) is 84.0 Å². The second-order valence-corrected chi connectivity index (χ2v) is 9.59. The summed E-state index contributed by atoms with van der Waals surface area (Å²) in [4.78, 5) is 11.5. The van der Waals surface area contributed by atoms with Crippen LogP contribution in [0.3, 0.4) is 0 Å². The quantitative estimate of drug-likeness (QED) is 0.163. The van der Waals surface area contributed by atoms with Crippen LogP contribution in [0.5, 0.6) is 0 Å². The van der Waals surface area contributed by atoms with Crippen molar-refractivity contribution in [3.8, 4) is 0 Å². The summed E-state index contributed by atoms with van der Waals surface area (Å²) in [5.74, 6) is 1.06. The zero-order valence-corrected chi connectivity index (χ0v) is 21.2. The molecule has 0 rings (SSSR count). The molecule has 8 heteroatoms. The molecule has 0 unspecified atom stereocenters. The van der Waals surface area contributed by atoms with Crippen LogP contribution < -0.4 is 11.1 Å². The Bertz CT molecular complexity index is 484. The minimum Gasteiger partial charge on any atom is -0.356 e. The maximum atomic E-state index is 11.5. The summed E-state index contributed by atoms with van der Waals surface area (Å²) in [6.07, 6.45) is 19.1. The first-order valence-corrected chi connectivity index (χ1v) is 13.7. The number of rotatable bonds is 20. The van der Waals surface area contributed by atoms with Crippen molar-refractivity contribution in [1.82, 2.24) is 5.32 Å². The van der Waals surface area contributed by atoms with E-state index in [1.54, 1.807) is 0 Å². The zero-order valence-electron chi connectivity index (χ0n) is 20.4. The van der Waals surface area contributed by atoms with Gasteiger partial charge >= 0.3 is 10.4 Å². The minimum atomic E-state index is -4.17. The van der Waals surface area contributed by atoms with Gasteiger partial charge < -0.3 is 11.1 Å². The van der Waals surface area contributed by atoms with Crippen LogP contribution in [0, 0.1) is 5.92 Å². The van der Waals surface area contributed by atoms with Gasteiger partial charge in [0.1, 0.15) is 0 Å². The molecule has 188 valence electrons. The van der Waals surface area contributed by atoms with Crippen molar-refractivity contribution >= 4 is 16.3 Å². The zero-order chi connectivity index (χ0) is 23.8. The van der Waals surface area contributed by atoms with E-state index in [2.05, 4.69) is 23.3 Å². The molecule has 0 aromatic heterocycles. The monoisotopic (exact) mass is 466 g/mol. The minimum absolute atomic E-state index is 0.0289. The fraction of sp³-hybridized carbons (Fsp3) is 0.957. The lowest BCUT2D eigenvalue weighted by Crippen LogP contribution is -2.25. The van der Waals surface area contributed by atoms with Gasteiger partial charge in [0.25, 0.3) is 0 Å². The molecule has 0 aromatic rings. The van der Waals surface area contributed by atoms with Crippen molar-refractivity contribution in [3.63, 3.8) is 0 Å². The third-order valence-electron chi connectivity index (χ3n) is 4.91. The maximum Gasteiger partial charge on any atom is 0.397 e. The standard InChI is InChI=1S/C21H44N2O.C2H6O4S/c1-20(2)16-13-11-9-7-5-3-4-6-8-10-12-14-17-21(24)23-19-15-18-22;1-2-6-7(3,4)5/h20H,3-19,22H2,1-2H3,(H,23,24);2H2,1H3,(H,3,4,5). The van der Waals surface area contributed by atoms with Crippen molar-refractivity contribution in [2.24, 2.45) is 11.7 Å². The fourth-order valence-electron chi connectivity index (χ4n) is 3.17.